The number of nitrogens with zero attached hydrogens (tertiary/aromatic N) is 2. The minimum absolute atomic E-state index is 0.0627. The average molecular weight is 318 g/mol. The van der Waals surface area contributed by atoms with Crippen LogP contribution in [0.4, 0.5) is 0 Å². The first-order valence-electron chi connectivity index (χ1n) is 7.78. The number of aromatic nitrogens is 2. The Labute approximate surface area is 132 Å². The highest BCUT2D eigenvalue weighted by Gasteiger charge is 2.38. The van der Waals surface area contributed by atoms with Crippen LogP contribution in [0.2, 0.25) is 0 Å². The van der Waals surface area contributed by atoms with Gasteiger partial charge in [0.1, 0.15) is 17.3 Å². The second kappa shape index (κ2) is 6.16. The topological polar surface area (TPSA) is 95.3 Å². The van der Waals surface area contributed by atoms with Crippen molar-refractivity contribution in [1.29, 1.82) is 0 Å². The minimum Gasteiger partial charge on any atom is -0.379 e. The molecule has 1 saturated carbocycles. The van der Waals surface area contributed by atoms with Crippen molar-refractivity contribution >= 4 is 17.3 Å². The van der Waals surface area contributed by atoms with Crippen molar-refractivity contribution in [2.24, 2.45) is 5.92 Å². The molecular weight excluding hydrogens is 300 g/mol. The molecule has 7 nitrogen and oxygen atoms in total. The molecule has 0 saturated heterocycles. The first-order valence-corrected chi connectivity index (χ1v) is 7.78. The molecule has 1 fully saturated rings. The summed E-state index contributed by atoms with van der Waals surface area (Å²) in [6.45, 7) is 3.01. The third-order valence-corrected chi connectivity index (χ3v) is 4.36. The van der Waals surface area contributed by atoms with Gasteiger partial charge in [-0.25, -0.2) is 4.98 Å². The number of carbonyl (C=O) groups is 3. The van der Waals surface area contributed by atoms with E-state index in [1.807, 2.05) is 6.92 Å². The summed E-state index contributed by atoms with van der Waals surface area (Å²) < 4.78 is 6.82. The number of Topliss-reactive ketones (excluding diaryl/α,β-unsaturated/α-hetero) is 3. The number of hydrogen-bond donors (Lipinski definition) is 0. The highest BCUT2D eigenvalue weighted by molar-refractivity contribution is 6.24. The van der Waals surface area contributed by atoms with Crippen molar-refractivity contribution in [1.82, 2.24) is 9.55 Å². The SMILES string of the molecule is CC1COCCn2c1ncc(C(=O)C1C(=O)CCCC1=O)c2=O. The van der Waals surface area contributed by atoms with Gasteiger partial charge in [0.05, 0.1) is 19.8 Å². The fourth-order valence-corrected chi connectivity index (χ4v) is 3.13. The summed E-state index contributed by atoms with van der Waals surface area (Å²) in [5, 5.41) is 0. The zero-order valence-electron chi connectivity index (χ0n) is 12.9. The molecule has 1 aliphatic heterocycles. The number of ether oxygens (including phenoxy) is 1. The van der Waals surface area contributed by atoms with Crippen molar-refractivity contribution in [3.8, 4) is 0 Å². The molecule has 122 valence electrons. The molecule has 1 aromatic heterocycles. The van der Waals surface area contributed by atoms with Crippen LogP contribution in [0, 0.1) is 5.92 Å². The van der Waals surface area contributed by atoms with Gasteiger partial charge < -0.3 is 4.74 Å². The molecular formula is C16H18N2O5. The second-order valence-corrected chi connectivity index (χ2v) is 6.05. The van der Waals surface area contributed by atoms with Crippen molar-refractivity contribution in [2.45, 2.75) is 38.6 Å². The maximum absolute atomic E-state index is 12.6. The summed E-state index contributed by atoms with van der Waals surface area (Å²) in [6, 6.07) is 0. The van der Waals surface area contributed by atoms with Crippen LogP contribution >= 0.6 is 0 Å². The average Bonchev–Trinajstić information content (AvgIpc) is 2.70. The van der Waals surface area contributed by atoms with Gasteiger partial charge in [0.25, 0.3) is 5.56 Å². The molecule has 23 heavy (non-hydrogen) atoms. The Kier molecular flexibility index (Phi) is 4.21. The summed E-state index contributed by atoms with van der Waals surface area (Å²) in [7, 11) is 0. The molecule has 1 aliphatic carbocycles. The third kappa shape index (κ3) is 2.76. The summed E-state index contributed by atoms with van der Waals surface area (Å²) >= 11 is 0. The molecule has 7 heteroatoms. The Morgan fingerprint density at radius 2 is 1.96 bits per heavy atom. The highest BCUT2D eigenvalue weighted by Crippen LogP contribution is 2.21. The molecule has 0 N–H and O–H groups in total. The van der Waals surface area contributed by atoms with Crippen LogP contribution < -0.4 is 5.56 Å². The van der Waals surface area contributed by atoms with E-state index in [1.54, 1.807) is 0 Å². The normalized spacial score (nSPS) is 22.6. The van der Waals surface area contributed by atoms with E-state index in [2.05, 4.69) is 4.98 Å². The lowest BCUT2D eigenvalue weighted by atomic mass is 9.82. The second-order valence-electron chi connectivity index (χ2n) is 6.05. The first kappa shape index (κ1) is 15.7. The lowest BCUT2D eigenvalue weighted by molar-refractivity contribution is -0.133. The van der Waals surface area contributed by atoms with E-state index in [-0.39, 0.29) is 24.3 Å². The molecule has 2 aliphatic rings. The van der Waals surface area contributed by atoms with Gasteiger partial charge in [-0.1, -0.05) is 6.92 Å². The maximum Gasteiger partial charge on any atom is 0.264 e. The van der Waals surface area contributed by atoms with Crippen molar-refractivity contribution < 1.29 is 19.1 Å². The van der Waals surface area contributed by atoms with E-state index < -0.39 is 28.8 Å². The van der Waals surface area contributed by atoms with Crippen molar-refractivity contribution in [2.75, 3.05) is 13.2 Å². The zero-order chi connectivity index (χ0) is 16.6. The quantitative estimate of drug-likeness (QED) is 0.582. The molecule has 1 atom stereocenters. The lowest BCUT2D eigenvalue weighted by Crippen LogP contribution is -2.39. The van der Waals surface area contributed by atoms with Crippen LogP contribution in [0.3, 0.4) is 0 Å². The van der Waals surface area contributed by atoms with Crippen LogP contribution in [0.5, 0.6) is 0 Å². The molecule has 3 rings (SSSR count). The Bertz CT molecular complexity index is 720. The molecule has 0 spiro atoms. The molecule has 0 aromatic carbocycles. The number of carbonyl (C=O) groups excluding carboxylic acids is 3. The largest absolute Gasteiger partial charge is 0.379 e. The van der Waals surface area contributed by atoms with E-state index in [9.17, 15) is 19.2 Å². The number of hydrogen-bond acceptors (Lipinski definition) is 6. The summed E-state index contributed by atoms with van der Waals surface area (Å²) in [6.07, 6.45) is 2.07. The monoisotopic (exact) mass is 318 g/mol. The zero-order valence-corrected chi connectivity index (χ0v) is 12.9. The highest BCUT2D eigenvalue weighted by atomic mass is 16.5. The van der Waals surface area contributed by atoms with Gasteiger partial charge in [-0.3, -0.25) is 23.7 Å². The van der Waals surface area contributed by atoms with Crippen LogP contribution in [-0.2, 0) is 20.9 Å². The molecule has 1 aromatic rings. The predicted octanol–water partition coefficient (Wildman–Crippen LogP) is 0.498. The Morgan fingerprint density at radius 3 is 2.65 bits per heavy atom. The van der Waals surface area contributed by atoms with Gasteiger partial charge >= 0.3 is 0 Å². The molecule has 0 bridgehead atoms. The van der Waals surface area contributed by atoms with Gasteiger partial charge in [-0.15, -0.1) is 0 Å². The standard InChI is InChI=1S/C16H18N2O5/c1-9-8-23-6-5-18-15(9)17-7-10(16(18)22)14(21)13-11(19)3-2-4-12(13)20/h7,9,13H,2-6,8H2,1H3. The number of rotatable bonds is 2. The van der Waals surface area contributed by atoms with E-state index in [0.29, 0.717) is 32.0 Å². The molecule has 0 amide bonds. The van der Waals surface area contributed by atoms with Crippen LogP contribution in [0.15, 0.2) is 11.0 Å². The van der Waals surface area contributed by atoms with Gasteiger partial charge in [-0.2, -0.15) is 0 Å². The smallest absolute Gasteiger partial charge is 0.264 e. The van der Waals surface area contributed by atoms with Crippen molar-refractivity contribution in [3.05, 3.63) is 27.9 Å². The fraction of sp³-hybridized carbons (Fsp3) is 0.562. The summed E-state index contributed by atoms with van der Waals surface area (Å²) in [5.74, 6) is -2.36. The number of fused-ring (bicyclic) bond motifs is 1. The Hall–Kier alpha value is -2.15. The Morgan fingerprint density at radius 1 is 1.26 bits per heavy atom. The maximum atomic E-state index is 12.6. The summed E-state index contributed by atoms with van der Waals surface area (Å²) in [4.78, 5) is 53.3. The van der Waals surface area contributed by atoms with E-state index in [0.717, 1.165) is 0 Å². The van der Waals surface area contributed by atoms with E-state index in [4.69, 9.17) is 4.74 Å². The van der Waals surface area contributed by atoms with Crippen LogP contribution in [-0.4, -0.2) is 40.1 Å². The Balaban J connectivity index is 2.02. The molecule has 0 radical (unpaired) electrons. The molecule has 2 heterocycles. The van der Waals surface area contributed by atoms with Gasteiger partial charge in [0.15, 0.2) is 17.3 Å². The predicted molar refractivity (Wildman–Crippen MR) is 79.4 cm³/mol. The van der Waals surface area contributed by atoms with Crippen molar-refractivity contribution in [3.63, 3.8) is 0 Å². The van der Waals surface area contributed by atoms with Crippen LogP contribution in [0.25, 0.3) is 0 Å². The van der Waals surface area contributed by atoms with Gasteiger partial charge in [-0.05, 0) is 6.42 Å². The molecule has 1 unspecified atom stereocenters. The third-order valence-electron chi connectivity index (χ3n) is 4.36. The minimum atomic E-state index is -1.34. The first-order chi connectivity index (χ1) is 11.0. The van der Waals surface area contributed by atoms with E-state index in [1.165, 1.54) is 10.8 Å². The van der Waals surface area contributed by atoms with E-state index >= 15 is 0 Å². The van der Waals surface area contributed by atoms with Crippen LogP contribution in [0.1, 0.15) is 48.3 Å². The van der Waals surface area contributed by atoms with Gasteiger partial charge in [0, 0.05) is 25.0 Å². The lowest BCUT2D eigenvalue weighted by Gasteiger charge is -2.19. The summed E-state index contributed by atoms with van der Waals surface area (Å²) in [5.41, 5.74) is -0.681. The van der Waals surface area contributed by atoms with Gasteiger partial charge in [0.2, 0.25) is 0 Å². The number of ketones is 3. The fourth-order valence-electron chi connectivity index (χ4n) is 3.13.